The third-order valence-electron chi connectivity index (χ3n) is 2.47. The maximum Gasteiger partial charge on any atom is -0.0353 e. The van der Waals surface area contributed by atoms with Crippen LogP contribution in [0.5, 0.6) is 0 Å². The molecular formula is C8H17P. The van der Waals surface area contributed by atoms with Gasteiger partial charge >= 0.3 is 0 Å². The highest BCUT2D eigenvalue weighted by atomic mass is 31.0. The second-order valence-corrected chi connectivity index (χ2v) is 3.83. The molecule has 0 bridgehead atoms. The number of rotatable bonds is 1. The van der Waals surface area contributed by atoms with Crippen molar-refractivity contribution in [2.24, 2.45) is 11.8 Å². The van der Waals surface area contributed by atoms with Crippen molar-refractivity contribution in [1.29, 1.82) is 0 Å². The van der Waals surface area contributed by atoms with Gasteiger partial charge < -0.3 is 0 Å². The van der Waals surface area contributed by atoms with Crippen LogP contribution in [0.3, 0.4) is 0 Å². The Morgan fingerprint density at radius 1 is 1.22 bits per heavy atom. The van der Waals surface area contributed by atoms with Crippen LogP contribution >= 0.6 is 9.24 Å². The molecule has 0 aromatic rings. The molecule has 0 saturated heterocycles. The zero-order chi connectivity index (χ0) is 6.69. The Labute approximate surface area is 60.6 Å². The van der Waals surface area contributed by atoms with Crippen molar-refractivity contribution in [1.82, 2.24) is 0 Å². The second kappa shape index (κ2) is 3.56. The smallest absolute Gasteiger partial charge is 0.0353 e. The SMILES string of the molecule is CC1CCC(CP)CC1. The fraction of sp³-hybridized carbons (Fsp3) is 1.00. The third kappa shape index (κ3) is 2.26. The van der Waals surface area contributed by atoms with Gasteiger partial charge in [-0.15, -0.1) is 9.24 Å². The van der Waals surface area contributed by atoms with E-state index in [1.54, 1.807) is 0 Å². The largest absolute Gasteiger partial charge is 0.137 e. The normalized spacial score (nSPS) is 36.7. The molecule has 0 aliphatic heterocycles. The highest BCUT2D eigenvalue weighted by Gasteiger charge is 2.15. The Hall–Kier alpha value is 0.430. The molecule has 1 saturated carbocycles. The van der Waals surface area contributed by atoms with Crippen LogP contribution in [0.1, 0.15) is 32.6 Å². The summed E-state index contributed by atoms with van der Waals surface area (Å²) < 4.78 is 0. The van der Waals surface area contributed by atoms with E-state index in [1.807, 2.05) is 0 Å². The van der Waals surface area contributed by atoms with Crippen molar-refractivity contribution in [2.75, 3.05) is 6.16 Å². The van der Waals surface area contributed by atoms with Gasteiger partial charge in [0.2, 0.25) is 0 Å². The average Bonchev–Trinajstić information content (AvgIpc) is 1.90. The molecule has 1 rings (SSSR count). The van der Waals surface area contributed by atoms with Gasteiger partial charge in [-0.25, -0.2) is 0 Å². The maximum absolute atomic E-state index is 2.86. The van der Waals surface area contributed by atoms with Gasteiger partial charge in [0.1, 0.15) is 0 Å². The first-order chi connectivity index (χ1) is 4.33. The lowest BCUT2D eigenvalue weighted by Crippen LogP contribution is -2.12. The summed E-state index contributed by atoms with van der Waals surface area (Å²) in [5.41, 5.74) is 0. The predicted molar refractivity (Wildman–Crippen MR) is 45.7 cm³/mol. The topological polar surface area (TPSA) is 0 Å². The lowest BCUT2D eigenvalue weighted by atomic mass is 9.84. The predicted octanol–water partition coefficient (Wildman–Crippen LogP) is 2.69. The molecule has 0 radical (unpaired) electrons. The van der Waals surface area contributed by atoms with E-state index in [1.165, 1.54) is 31.8 Å². The molecule has 0 nitrogen and oxygen atoms in total. The molecular weight excluding hydrogens is 127 g/mol. The Morgan fingerprint density at radius 2 is 1.78 bits per heavy atom. The fourth-order valence-corrected chi connectivity index (χ4v) is 2.04. The van der Waals surface area contributed by atoms with Crippen LogP contribution in [-0.2, 0) is 0 Å². The van der Waals surface area contributed by atoms with Crippen LogP contribution < -0.4 is 0 Å². The van der Waals surface area contributed by atoms with Crippen molar-refractivity contribution >= 4 is 9.24 Å². The number of hydrogen-bond acceptors (Lipinski definition) is 0. The highest BCUT2D eigenvalue weighted by Crippen LogP contribution is 2.28. The van der Waals surface area contributed by atoms with Gasteiger partial charge in [-0.1, -0.05) is 19.8 Å². The van der Waals surface area contributed by atoms with Crippen LogP contribution in [0.2, 0.25) is 0 Å². The molecule has 1 unspecified atom stereocenters. The first-order valence-corrected chi connectivity index (χ1v) is 4.84. The Kier molecular flexibility index (Phi) is 2.98. The van der Waals surface area contributed by atoms with E-state index in [0.717, 1.165) is 11.8 Å². The fourth-order valence-electron chi connectivity index (χ4n) is 1.56. The molecule has 1 heteroatoms. The molecule has 0 aromatic heterocycles. The molecule has 54 valence electrons. The summed E-state index contributed by atoms with van der Waals surface area (Å²) in [4.78, 5) is 0. The van der Waals surface area contributed by atoms with Gasteiger partial charge in [0.25, 0.3) is 0 Å². The zero-order valence-corrected chi connectivity index (χ0v) is 7.42. The number of hydrogen-bond donors (Lipinski definition) is 0. The molecule has 0 spiro atoms. The van der Waals surface area contributed by atoms with Gasteiger partial charge in [-0.2, -0.15) is 0 Å². The van der Waals surface area contributed by atoms with Crippen LogP contribution in [0.4, 0.5) is 0 Å². The van der Waals surface area contributed by atoms with Crippen LogP contribution in [0.25, 0.3) is 0 Å². The lowest BCUT2D eigenvalue weighted by Gasteiger charge is -2.24. The van der Waals surface area contributed by atoms with E-state index in [2.05, 4.69) is 16.2 Å². The highest BCUT2D eigenvalue weighted by molar-refractivity contribution is 7.16. The summed E-state index contributed by atoms with van der Waals surface area (Å²) in [7, 11) is 2.86. The first-order valence-electron chi connectivity index (χ1n) is 4.03. The van der Waals surface area contributed by atoms with Crippen molar-refractivity contribution in [2.45, 2.75) is 32.6 Å². The van der Waals surface area contributed by atoms with Crippen molar-refractivity contribution in [3.05, 3.63) is 0 Å². The van der Waals surface area contributed by atoms with Crippen molar-refractivity contribution in [3.63, 3.8) is 0 Å². The maximum atomic E-state index is 2.86. The Morgan fingerprint density at radius 3 is 2.22 bits per heavy atom. The van der Waals surface area contributed by atoms with E-state index in [9.17, 15) is 0 Å². The molecule has 0 aromatic carbocycles. The molecule has 1 atom stereocenters. The molecule has 1 fully saturated rings. The summed E-state index contributed by atoms with van der Waals surface area (Å²) in [6.07, 6.45) is 7.22. The Balaban J connectivity index is 2.18. The average molecular weight is 144 g/mol. The van der Waals surface area contributed by atoms with Crippen LogP contribution in [0.15, 0.2) is 0 Å². The minimum atomic E-state index is 1.01. The van der Waals surface area contributed by atoms with E-state index < -0.39 is 0 Å². The molecule has 0 heterocycles. The molecule has 0 N–H and O–H groups in total. The van der Waals surface area contributed by atoms with Gasteiger partial charge in [0, 0.05) is 0 Å². The van der Waals surface area contributed by atoms with Crippen LogP contribution in [0, 0.1) is 11.8 Å². The van der Waals surface area contributed by atoms with Gasteiger partial charge in [-0.05, 0) is 30.8 Å². The first kappa shape index (κ1) is 7.54. The summed E-state index contributed by atoms with van der Waals surface area (Å²) >= 11 is 0. The monoisotopic (exact) mass is 144 g/mol. The summed E-state index contributed by atoms with van der Waals surface area (Å²) in [5.74, 6) is 2.05. The minimum absolute atomic E-state index is 1.01. The summed E-state index contributed by atoms with van der Waals surface area (Å²) in [6.45, 7) is 2.37. The van der Waals surface area contributed by atoms with Crippen molar-refractivity contribution in [3.8, 4) is 0 Å². The minimum Gasteiger partial charge on any atom is -0.137 e. The van der Waals surface area contributed by atoms with Gasteiger partial charge in [0.15, 0.2) is 0 Å². The van der Waals surface area contributed by atoms with E-state index in [-0.39, 0.29) is 0 Å². The molecule has 0 amide bonds. The second-order valence-electron chi connectivity index (χ2n) is 3.36. The van der Waals surface area contributed by atoms with E-state index >= 15 is 0 Å². The van der Waals surface area contributed by atoms with Crippen LogP contribution in [-0.4, -0.2) is 6.16 Å². The van der Waals surface area contributed by atoms with E-state index in [0.29, 0.717) is 0 Å². The quantitative estimate of drug-likeness (QED) is 0.496. The van der Waals surface area contributed by atoms with Gasteiger partial charge in [0.05, 0.1) is 0 Å². The zero-order valence-electron chi connectivity index (χ0n) is 6.27. The Bertz CT molecular complexity index is 72.6. The van der Waals surface area contributed by atoms with Crippen molar-refractivity contribution < 1.29 is 0 Å². The summed E-state index contributed by atoms with van der Waals surface area (Å²) in [6, 6.07) is 0. The summed E-state index contributed by atoms with van der Waals surface area (Å²) in [5, 5.41) is 0. The standard InChI is InChI=1S/C8H17P/c1-7-2-4-8(6-9)5-3-7/h7-8H,2-6,9H2,1H3. The molecule has 9 heavy (non-hydrogen) atoms. The third-order valence-corrected chi connectivity index (χ3v) is 3.14. The lowest BCUT2D eigenvalue weighted by molar-refractivity contribution is 0.311. The molecule has 1 aliphatic rings. The molecule has 1 aliphatic carbocycles. The van der Waals surface area contributed by atoms with Gasteiger partial charge in [-0.3, -0.25) is 0 Å². The van der Waals surface area contributed by atoms with E-state index in [4.69, 9.17) is 0 Å².